The average molecular weight is 352 g/mol. The van der Waals surface area contributed by atoms with E-state index in [1.165, 1.54) is 6.07 Å². The predicted molar refractivity (Wildman–Crippen MR) is 96.1 cm³/mol. The lowest BCUT2D eigenvalue weighted by atomic mass is 10.1. The van der Waals surface area contributed by atoms with Crippen LogP contribution in [0, 0.1) is 19.3 Å². The Balaban J connectivity index is 2.12. The highest BCUT2D eigenvalue weighted by atomic mass is 35.5. The highest BCUT2D eigenvalue weighted by Gasteiger charge is 2.21. The number of carbonyl (C=O) groups excluding carboxylic acids is 2. The molecule has 0 aliphatic rings. The quantitative estimate of drug-likeness (QED) is 0.406. The van der Waals surface area contributed by atoms with Crippen LogP contribution in [-0.2, 0) is 4.74 Å². The van der Waals surface area contributed by atoms with E-state index in [1.807, 2.05) is 19.1 Å². The number of hydrogen-bond acceptors (Lipinski definition) is 3. The molecule has 0 aliphatic heterocycles. The van der Waals surface area contributed by atoms with Crippen molar-refractivity contribution in [3.8, 4) is 12.3 Å². The summed E-state index contributed by atoms with van der Waals surface area (Å²) in [4.78, 5) is 25.1. The largest absolute Gasteiger partial charge is 0.449 e. The van der Waals surface area contributed by atoms with Crippen LogP contribution in [0.5, 0.6) is 0 Å². The van der Waals surface area contributed by atoms with Gasteiger partial charge in [-0.1, -0.05) is 17.5 Å². The van der Waals surface area contributed by atoms with E-state index >= 15 is 0 Å². The lowest BCUT2D eigenvalue weighted by Crippen LogP contribution is -2.05. The summed E-state index contributed by atoms with van der Waals surface area (Å²) in [6.45, 7) is 1.78. The number of rotatable bonds is 4. The molecule has 0 saturated carbocycles. The van der Waals surface area contributed by atoms with Gasteiger partial charge in [0.15, 0.2) is 6.61 Å². The van der Waals surface area contributed by atoms with Gasteiger partial charge >= 0.3 is 5.97 Å². The summed E-state index contributed by atoms with van der Waals surface area (Å²) in [6.07, 6.45) is 6.89. The topological polar surface area (TPSA) is 47.8 Å². The van der Waals surface area contributed by atoms with Crippen molar-refractivity contribution in [1.29, 1.82) is 0 Å². The minimum atomic E-state index is -0.559. The fourth-order valence-electron chi connectivity index (χ4n) is 2.58. The Morgan fingerprint density at radius 3 is 2.60 bits per heavy atom. The summed E-state index contributed by atoms with van der Waals surface area (Å²) in [7, 11) is 0. The second-order valence-electron chi connectivity index (χ2n) is 5.52. The lowest BCUT2D eigenvalue weighted by molar-refractivity contribution is 0.0559. The minimum absolute atomic E-state index is 0.123. The Kier molecular flexibility index (Phi) is 4.60. The fraction of sp³-hybridized carbons (Fsp3) is 0.100. The second-order valence-corrected chi connectivity index (χ2v) is 5.96. The molecule has 0 atom stereocenters. The van der Waals surface area contributed by atoms with Crippen LogP contribution in [0.4, 0.5) is 0 Å². The molecule has 0 fully saturated rings. The number of ether oxygens (including phenoxy) is 1. The van der Waals surface area contributed by atoms with Crippen LogP contribution in [-0.4, -0.2) is 22.8 Å². The van der Waals surface area contributed by atoms with Crippen LogP contribution in [0.25, 0.3) is 5.52 Å². The predicted octanol–water partition coefficient (Wildman–Crippen LogP) is 3.92. The van der Waals surface area contributed by atoms with Gasteiger partial charge in [0, 0.05) is 16.8 Å². The zero-order valence-corrected chi connectivity index (χ0v) is 14.2. The van der Waals surface area contributed by atoms with Gasteiger partial charge in [0.05, 0.1) is 16.8 Å². The SMILES string of the molecule is C#CCOC(=O)c1cc(C(=O)c2ccc(Cl)cc2)n2ccc(C)cc12. The molecular weight excluding hydrogens is 338 g/mol. The summed E-state index contributed by atoms with van der Waals surface area (Å²) in [5.41, 5.74) is 2.70. The van der Waals surface area contributed by atoms with Crippen molar-refractivity contribution in [2.75, 3.05) is 6.61 Å². The summed E-state index contributed by atoms with van der Waals surface area (Å²) in [5, 5.41) is 0.547. The van der Waals surface area contributed by atoms with Gasteiger partial charge in [-0.3, -0.25) is 4.79 Å². The average Bonchev–Trinajstić information content (AvgIpc) is 2.98. The molecule has 124 valence electrons. The van der Waals surface area contributed by atoms with E-state index < -0.39 is 5.97 Å². The van der Waals surface area contributed by atoms with Gasteiger partial charge in [-0.05, 0) is 55.0 Å². The lowest BCUT2D eigenvalue weighted by Gasteiger charge is -2.04. The Morgan fingerprint density at radius 2 is 1.92 bits per heavy atom. The molecule has 0 N–H and O–H groups in total. The normalized spacial score (nSPS) is 10.4. The van der Waals surface area contributed by atoms with E-state index in [4.69, 9.17) is 22.8 Å². The maximum absolute atomic E-state index is 12.9. The number of halogens is 1. The Labute approximate surface area is 150 Å². The van der Waals surface area contributed by atoms with E-state index in [1.54, 1.807) is 34.9 Å². The number of carbonyl (C=O) groups is 2. The van der Waals surface area contributed by atoms with Crippen molar-refractivity contribution in [1.82, 2.24) is 4.40 Å². The zero-order valence-electron chi connectivity index (χ0n) is 13.5. The number of pyridine rings is 1. The van der Waals surface area contributed by atoms with Gasteiger partial charge in [-0.25, -0.2) is 4.79 Å². The molecule has 25 heavy (non-hydrogen) atoms. The van der Waals surface area contributed by atoms with Crippen molar-refractivity contribution in [2.45, 2.75) is 6.92 Å². The summed E-state index contributed by atoms with van der Waals surface area (Å²) in [5.74, 6) is 1.48. The number of aryl methyl sites for hydroxylation is 1. The molecule has 0 bridgehead atoms. The Bertz CT molecular complexity index is 1010. The smallest absolute Gasteiger partial charge is 0.341 e. The van der Waals surface area contributed by atoms with Gasteiger partial charge < -0.3 is 9.14 Å². The van der Waals surface area contributed by atoms with Gasteiger partial charge in [0.1, 0.15) is 0 Å². The van der Waals surface area contributed by atoms with Gasteiger partial charge in [0.25, 0.3) is 0 Å². The third kappa shape index (κ3) is 3.28. The van der Waals surface area contributed by atoms with Crippen molar-refractivity contribution in [2.24, 2.45) is 0 Å². The van der Waals surface area contributed by atoms with Gasteiger partial charge in [-0.2, -0.15) is 0 Å². The Hall–Kier alpha value is -3.03. The summed E-state index contributed by atoms with van der Waals surface area (Å²) < 4.78 is 6.70. The van der Waals surface area contributed by atoms with E-state index in [2.05, 4.69) is 5.92 Å². The second kappa shape index (κ2) is 6.84. The van der Waals surface area contributed by atoms with Crippen LogP contribution in [0.3, 0.4) is 0 Å². The maximum atomic E-state index is 12.9. The number of ketones is 1. The number of esters is 1. The van der Waals surface area contributed by atoms with E-state index in [-0.39, 0.29) is 12.4 Å². The molecule has 0 spiro atoms. The number of aromatic nitrogens is 1. The van der Waals surface area contributed by atoms with Crippen molar-refractivity contribution < 1.29 is 14.3 Å². The molecule has 0 saturated heterocycles. The third-order valence-corrected chi connectivity index (χ3v) is 4.02. The third-order valence-electron chi connectivity index (χ3n) is 3.77. The first-order chi connectivity index (χ1) is 12.0. The monoisotopic (exact) mass is 351 g/mol. The molecule has 0 amide bonds. The highest BCUT2D eigenvalue weighted by molar-refractivity contribution is 6.30. The molecule has 2 heterocycles. The molecule has 0 radical (unpaired) electrons. The number of fused-ring (bicyclic) bond motifs is 1. The minimum Gasteiger partial charge on any atom is -0.449 e. The molecular formula is C20H14ClNO3. The van der Waals surface area contributed by atoms with Crippen LogP contribution in [0.15, 0.2) is 48.7 Å². The van der Waals surface area contributed by atoms with E-state index in [9.17, 15) is 9.59 Å². The van der Waals surface area contributed by atoms with Gasteiger partial charge in [-0.15, -0.1) is 6.42 Å². The number of benzene rings is 1. The van der Waals surface area contributed by atoms with Crippen molar-refractivity contribution in [3.05, 3.63) is 76.1 Å². The molecule has 2 aromatic heterocycles. The zero-order chi connectivity index (χ0) is 18.0. The van der Waals surface area contributed by atoms with E-state index in [0.717, 1.165) is 5.56 Å². The molecule has 1 aromatic carbocycles. The van der Waals surface area contributed by atoms with Crippen LogP contribution >= 0.6 is 11.6 Å². The number of nitrogens with zero attached hydrogens (tertiary/aromatic N) is 1. The standard InChI is InChI=1S/C20H14ClNO3/c1-3-10-25-20(24)16-12-18(22-9-8-13(2)11-17(16)22)19(23)14-4-6-15(21)7-5-14/h1,4-9,11-12H,10H2,2H3. The highest BCUT2D eigenvalue weighted by Crippen LogP contribution is 2.22. The first-order valence-corrected chi connectivity index (χ1v) is 7.91. The summed E-state index contributed by atoms with van der Waals surface area (Å²) >= 11 is 5.88. The molecule has 0 aliphatic carbocycles. The van der Waals surface area contributed by atoms with Crippen LogP contribution in [0.1, 0.15) is 32.0 Å². The first kappa shape index (κ1) is 16.8. The molecule has 4 nitrogen and oxygen atoms in total. The van der Waals surface area contributed by atoms with E-state index in [0.29, 0.717) is 27.4 Å². The van der Waals surface area contributed by atoms with Crippen molar-refractivity contribution >= 4 is 28.9 Å². The molecule has 0 unspecified atom stereocenters. The number of terminal acetylenes is 1. The van der Waals surface area contributed by atoms with Crippen molar-refractivity contribution in [3.63, 3.8) is 0 Å². The Morgan fingerprint density at radius 1 is 1.20 bits per heavy atom. The van der Waals surface area contributed by atoms with Gasteiger partial charge in [0.2, 0.25) is 5.78 Å². The number of hydrogen-bond donors (Lipinski definition) is 0. The molecule has 5 heteroatoms. The summed E-state index contributed by atoms with van der Waals surface area (Å²) in [6, 6.07) is 11.8. The van der Waals surface area contributed by atoms with Crippen LogP contribution < -0.4 is 0 Å². The fourth-order valence-corrected chi connectivity index (χ4v) is 2.70. The molecule has 3 rings (SSSR count). The van der Waals surface area contributed by atoms with Crippen LogP contribution in [0.2, 0.25) is 5.02 Å². The first-order valence-electron chi connectivity index (χ1n) is 7.54. The maximum Gasteiger partial charge on any atom is 0.341 e. The molecule has 3 aromatic rings.